The van der Waals surface area contributed by atoms with Gasteiger partial charge in [0.05, 0.1) is 5.41 Å². The number of ether oxygens (including phenoxy) is 1. The van der Waals surface area contributed by atoms with Gasteiger partial charge in [0.15, 0.2) is 6.10 Å². The molecule has 1 atom stereocenters. The number of carbonyl (C=O) groups excluding carboxylic acids is 1. The summed E-state index contributed by atoms with van der Waals surface area (Å²) in [5.41, 5.74) is -0.940. The van der Waals surface area contributed by atoms with E-state index in [2.05, 4.69) is 0 Å². The molecule has 0 spiro atoms. The zero-order valence-corrected chi connectivity index (χ0v) is 15.8. The Balaban J connectivity index is 1.83. The first-order valence-corrected chi connectivity index (χ1v) is 10.7. The Bertz CT molecular complexity index is 671. The molecule has 4 bridgehead atoms. The van der Waals surface area contributed by atoms with Gasteiger partial charge in [-0.1, -0.05) is 13.3 Å². The third-order valence-corrected chi connectivity index (χ3v) is 7.31. The van der Waals surface area contributed by atoms with Gasteiger partial charge in [-0.2, -0.15) is 26.0 Å². The van der Waals surface area contributed by atoms with E-state index >= 15 is 0 Å². The highest BCUT2D eigenvalue weighted by molar-refractivity contribution is 7.87. The Morgan fingerprint density at radius 2 is 1.56 bits per heavy atom. The second-order valence-corrected chi connectivity index (χ2v) is 9.96. The van der Waals surface area contributed by atoms with Crippen molar-refractivity contribution in [1.82, 2.24) is 0 Å². The van der Waals surface area contributed by atoms with Gasteiger partial charge >= 0.3 is 27.3 Å². The molecule has 1 N–H and O–H groups in total. The van der Waals surface area contributed by atoms with Gasteiger partial charge in [-0.3, -0.25) is 9.35 Å². The average Bonchev–Trinajstić information content (AvgIpc) is 2.51. The Morgan fingerprint density at radius 3 is 1.93 bits per heavy atom. The number of hydrogen-bond donors (Lipinski definition) is 1. The summed E-state index contributed by atoms with van der Waals surface area (Å²) in [5.74, 6) is -5.24. The summed E-state index contributed by atoms with van der Waals surface area (Å²) >= 11 is 0. The van der Waals surface area contributed by atoms with Crippen LogP contribution in [0.4, 0.5) is 17.6 Å². The van der Waals surface area contributed by atoms with E-state index in [-0.39, 0.29) is 6.42 Å². The average molecular weight is 416 g/mol. The fraction of sp³-hybridized carbons (Fsp3) is 0.941. The molecule has 0 heterocycles. The highest BCUT2D eigenvalue weighted by Crippen LogP contribution is 2.60. The van der Waals surface area contributed by atoms with Gasteiger partial charge in [0, 0.05) is 0 Å². The fourth-order valence-electron chi connectivity index (χ4n) is 5.55. The molecule has 5 nitrogen and oxygen atoms in total. The fourth-order valence-corrected chi connectivity index (χ4v) is 6.03. The summed E-state index contributed by atoms with van der Waals surface area (Å²) in [6.45, 7) is 1.42. The normalized spacial score (nSPS) is 34.5. The molecule has 27 heavy (non-hydrogen) atoms. The van der Waals surface area contributed by atoms with Gasteiger partial charge < -0.3 is 4.74 Å². The van der Waals surface area contributed by atoms with Crippen molar-refractivity contribution in [1.29, 1.82) is 0 Å². The van der Waals surface area contributed by atoms with E-state index in [0.29, 0.717) is 37.0 Å². The lowest BCUT2D eigenvalue weighted by atomic mass is 9.49. The predicted octanol–water partition coefficient (Wildman–Crippen LogP) is 4.03. The minimum Gasteiger partial charge on any atom is -0.455 e. The summed E-state index contributed by atoms with van der Waals surface area (Å²) < 4.78 is 91.1. The van der Waals surface area contributed by atoms with E-state index in [0.717, 1.165) is 19.3 Å². The van der Waals surface area contributed by atoms with Crippen molar-refractivity contribution >= 4 is 16.1 Å². The maximum Gasteiger partial charge on any atom is 0.435 e. The SMILES string of the molecule is CCCC(OC(=O)C12CC3CC(CC(C3)C1)C2)C(F)(F)C(F)(F)S(=O)(=O)O. The van der Waals surface area contributed by atoms with E-state index in [1.807, 2.05) is 0 Å². The van der Waals surface area contributed by atoms with Gasteiger partial charge in [0.25, 0.3) is 0 Å². The quantitative estimate of drug-likeness (QED) is 0.385. The van der Waals surface area contributed by atoms with Crippen LogP contribution in [-0.4, -0.2) is 36.2 Å². The van der Waals surface area contributed by atoms with Crippen molar-refractivity contribution in [3.05, 3.63) is 0 Å². The Hall–Kier alpha value is -0.900. The van der Waals surface area contributed by atoms with E-state index in [4.69, 9.17) is 9.29 Å². The summed E-state index contributed by atoms with van der Waals surface area (Å²) in [4.78, 5) is 12.8. The van der Waals surface area contributed by atoms with Gasteiger partial charge in [-0.05, 0) is 62.7 Å². The minimum atomic E-state index is -6.38. The summed E-state index contributed by atoms with van der Waals surface area (Å²) in [7, 11) is -6.38. The van der Waals surface area contributed by atoms with Crippen LogP contribution in [0.25, 0.3) is 0 Å². The number of hydrogen-bond acceptors (Lipinski definition) is 4. The number of alkyl halides is 4. The lowest BCUT2D eigenvalue weighted by molar-refractivity contribution is -0.237. The molecule has 4 rings (SSSR count). The van der Waals surface area contributed by atoms with Crippen LogP contribution < -0.4 is 0 Å². The Kier molecular flexibility index (Phi) is 5.07. The van der Waals surface area contributed by atoms with Crippen molar-refractivity contribution in [3.63, 3.8) is 0 Å². The second kappa shape index (κ2) is 6.57. The topological polar surface area (TPSA) is 80.7 Å². The molecule has 0 aromatic rings. The van der Waals surface area contributed by atoms with Gasteiger partial charge in [0.2, 0.25) is 0 Å². The van der Waals surface area contributed by atoms with Crippen molar-refractivity contribution in [3.8, 4) is 0 Å². The van der Waals surface area contributed by atoms with Crippen LogP contribution in [0.1, 0.15) is 58.3 Å². The van der Waals surface area contributed by atoms with Crippen molar-refractivity contribution in [2.45, 2.75) is 75.6 Å². The van der Waals surface area contributed by atoms with Crippen LogP contribution in [0.5, 0.6) is 0 Å². The Labute approximate surface area is 155 Å². The standard InChI is InChI=1S/C17H24F4O5S/c1-2-3-13(16(18,19)17(20,21)27(23,24)25)26-14(22)15-7-10-4-11(8-15)6-12(5-10)9-15/h10-13H,2-9H2,1H3,(H,23,24,25). The Morgan fingerprint density at radius 1 is 1.11 bits per heavy atom. The molecule has 1 unspecified atom stereocenters. The largest absolute Gasteiger partial charge is 0.455 e. The van der Waals surface area contributed by atoms with Crippen LogP contribution in [0.2, 0.25) is 0 Å². The van der Waals surface area contributed by atoms with Crippen LogP contribution >= 0.6 is 0 Å². The first kappa shape index (κ1) is 20.8. The molecular weight excluding hydrogens is 392 g/mol. The van der Waals surface area contributed by atoms with E-state index in [1.54, 1.807) is 0 Å². The highest BCUT2D eigenvalue weighted by Gasteiger charge is 2.70. The third-order valence-electron chi connectivity index (χ3n) is 6.39. The summed E-state index contributed by atoms with van der Waals surface area (Å²) in [5, 5.41) is -5.75. The monoisotopic (exact) mass is 416 g/mol. The molecule has 0 aromatic heterocycles. The molecule has 4 aliphatic rings. The molecule has 10 heteroatoms. The molecule has 0 amide bonds. The lowest BCUT2D eigenvalue weighted by Gasteiger charge is -2.55. The molecule has 0 saturated heterocycles. The van der Waals surface area contributed by atoms with Crippen molar-refractivity contribution < 1.29 is 40.1 Å². The first-order chi connectivity index (χ1) is 12.3. The van der Waals surface area contributed by atoms with Crippen molar-refractivity contribution in [2.24, 2.45) is 23.2 Å². The smallest absolute Gasteiger partial charge is 0.435 e. The zero-order chi connectivity index (χ0) is 20.3. The van der Waals surface area contributed by atoms with E-state index in [1.165, 1.54) is 6.92 Å². The molecule has 156 valence electrons. The number of rotatable bonds is 7. The summed E-state index contributed by atoms with van der Waals surface area (Å²) in [6, 6.07) is 0. The number of carbonyl (C=O) groups is 1. The highest BCUT2D eigenvalue weighted by atomic mass is 32.2. The molecule has 4 aliphatic carbocycles. The molecule has 4 saturated carbocycles. The summed E-state index contributed by atoms with van der Waals surface area (Å²) in [6.07, 6.45) is 1.16. The van der Waals surface area contributed by atoms with Crippen LogP contribution in [0, 0.1) is 23.2 Å². The van der Waals surface area contributed by atoms with E-state index < -0.39 is 45.2 Å². The maximum absolute atomic E-state index is 14.3. The maximum atomic E-state index is 14.3. The van der Waals surface area contributed by atoms with Crippen LogP contribution in [0.3, 0.4) is 0 Å². The van der Waals surface area contributed by atoms with Gasteiger partial charge in [0.1, 0.15) is 0 Å². The minimum absolute atomic E-state index is 0.0318. The molecule has 0 aromatic carbocycles. The van der Waals surface area contributed by atoms with Gasteiger partial charge in [-0.15, -0.1) is 0 Å². The second-order valence-electron chi connectivity index (χ2n) is 8.50. The van der Waals surface area contributed by atoms with Gasteiger partial charge in [-0.25, -0.2) is 0 Å². The molecular formula is C17H24F4O5S. The number of halogens is 4. The third kappa shape index (κ3) is 3.36. The molecule has 0 radical (unpaired) electrons. The number of esters is 1. The predicted molar refractivity (Wildman–Crippen MR) is 86.8 cm³/mol. The van der Waals surface area contributed by atoms with Crippen LogP contribution in [-0.2, 0) is 19.6 Å². The van der Waals surface area contributed by atoms with E-state index in [9.17, 15) is 30.8 Å². The zero-order valence-electron chi connectivity index (χ0n) is 15.0. The molecule has 0 aliphatic heterocycles. The lowest BCUT2D eigenvalue weighted by Crippen LogP contribution is -2.57. The molecule has 4 fully saturated rings. The van der Waals surface area contributed by atoms with Crippen LogP contribution in [0.15, 0.2) is 0 Å². The van der Waals surface area contributed by atoms with Crippen molar-refractivity contribution in [2.75, 3.05) is 0 Å². The first-order valence-electron chi connectivity index (χ1n) is 9.26.